The van der Waals surface area contributed by atoms with Crippen LogP contribution in [0.2, 0.25) is 0 Å². The first kappa shape index (κ1) is 13.4. The van der Waals surface area contributed by atoms with Crippen LogP contribution in [0.25, 0.3) is 0 Å². The summed E-state index contributed by atoms with van der Waals surface area (Å²) in [4.78, 5) is 23.8. The quantitative estimate of drug-likeness (QED) is 0.853. The van der Waals surface area contributed by atoms with Gasteiger partial charge in [0, 0.05) is 24.8 Å². The molecular weight excluding hydrogens is 258 g/mol. The van der Waals surface area contributed by atoms with Crippen LogP contribution in [0.5, 0.6) is 0 Å². The van der Waals surface area contributed by atoms with Gasteiger partial charge in [0.2, 0.25) is 5.91 Å². The predicted molar refractivity (Wildman–Crippen MR) is 62.6 cm³/mol. The Hall–Kier alpha value is -2.02. The van der Waals surface area contributed by atoms with Crippen LogP contribution in [-0.4, -0.2) is 41.5 Å². The number of amides is 1. The minimum absolute atomic E-state index is 0.0305. The molecule has 1 aliphatic heterocycles. The zero-order chi connectivity index (χ0) is 14.0. The number of likely N-dealkylation sites (tertiary alicyclic amines) is 1. The van der Waals surface area contributed by atoms with Crippen LogP contribution >= 0.6 is 0 Å². The van der Waals surface area contributed by atoms with E-state index in [4.69, 9.17) is 5.11 Å². The van der Waals surface area contributed by atoms with Crippen molar-refractivity contribution in [1.29, 1.82) is 0 Å². The van der Waals surface area contributed by atoms with Crippen molar-refractivity contribution in [3.63, 3.8) is 0 Å². The fourth-order valence-corrected chi connectivity index (χ4v) is 1.83. The summed E-state index contributed by atoms with van der Waals surface area (Å²) in [5.41, 5.74) is 0.166. The van der Waals surface area contributed by atoms with E-state index in [0.29, 0.717) is 13.1 Å². The lowest BCUT2D eigenvalue weighted by atomic mass is 10.0. The first-order chi connectivity index (χ1) is 8.95. The SMILES string of the molecule is O=C(CN1CC(C(=O)O)C1)Nc1ccc(F)c(F)c1. The number of hydrogen-bond donors (Lipinski definition) is 2. The maximum absolute atomic E-state index is 12.9. The van der Waals surface area contributed by atoms with Gasteiger partial charge in [0.05, 0.1) is 12.5 Å². The first-order valence-corrected chi connectivity index (χ1v) is 5.66. The molecule has 0 atom stereocenters. The van der Waals surface area contributed by atoms with Crippen molar-refractivity contribution in [2.75, 3.05) is 25.0 Å². The largest absolute Gasteiger partial charge is 0.481 e. The number of carbonyl (C=O) groups excluding carboxylic acids is 1. The van der Waals surface area contributed by atoms with Gasteiger partial charge in [-0.25, -0.2) is 8.78 Å². The third-order valence-electron chi connectivity index (χ3n) is 2.88. The lowest BCUT2D eigenvalue weighted by Gasteiger charge is -2.35. The Labute approximate surface area is 107 Å². The van der Waals surface area contributed by atoms with Crippen LogP contribution in [0.1, 0.15) is 0 Å². The molecule has 2 rings (SSSR count). The molecule has 1 fully saturated rings. The highest BCUT2D eigenvalue weighted by atomic mass is 19.2. The molecule has 2 N–H and O–H groups in total. The van der Waals surface area contributed by atoms with Gasteiger partial charge in [-0.05, 0) is 12.1 Å². The van der Waals surface area contributed by atoms with Crippen molar-refractivity contribution in [3.05, 3.63) is 29.8 Å². The van der Waals surface area contributed by atoms with E-state index in [1.807, 2.05) is 0 Å². The van der Waals surface area contributed by atoms with Crippen LogP contribution in [0.3, 0.4) is 0 Å². The number of nitrogens with zero attached hydrogens (tertiary/aromatic N) is 1. The molecular formula is C12H12F2N2O3. The summed E-state index contributed by atoms with van der Waals surface area (Å²) in [6.07, 6.45) is 0. The second-order valence-corrected chi connectivity index (χ2v) is 4.41. The second kappa shape index (κ2) is 5.31. The summed E-state index contributed by atoms with van der Waals surface area (Å²) in [6, 6.07) is 3.07. The minimum Gasteiger partial charge on any atom is -0.481 e. The molecule has 1 aromatic carbocycles. The Morgan fingerprint density at radius 1 is 1.32 bits per heavy atom. The number of carboxylic acids is 1. The molecule has 7 heteroatoms. The molecule has 102 valence electrons. The zero-order valence-electron chi connectivity index (χ0n) is 9.90. The van der Waals surface area contributed by atoms with Gasteiger partial charge in [-0.1, -0.05) is 0 Å². The molecule has 1 saturated heterocycles. The van der Waals surface area contributed by atoms with Crippen molar-refractivity contribution in [3.8, 4) is 0 Å². The van der Waals surface area contributed by atoms with E-state index >= 15 is 0 Å². The van der Waals surface area contributed by atoms with E-state index in [1.165, 1.54) is 6.07 Å². The highest BCUT2D eigenvalue weighted by Crippen LogP contribution is 2.16. The number of rotatable bonds is 4. The Bertz CT molecular complexity index is 516. The van der Waals surface area contributed by atoms with Crippen LogP contribution in [-0.2, 0) is 9.59 Å². The molecule has 0 aliphatic carbocycles. The number of halogens is 2. The van der Waals surface area contributed by atoms with E-state index in [0.717, 1.165) is 12.1 Å². The van der Waals surface area contributed by atoms with Crippen LogP contribution in [0.15, 0.2) is 18.2 Å². The summed E-state index contributed by atoms with van der Waals surface area (Å²) in [7, 11) is 0. The number of aliphatic carboxylic acids is 1. The van der Waals surface area contributed by atoms with E-state index in [9.17, 15) is 18.4 Å². The van der Waals surface area contributed by atoms with Crippen LogP contribution in [0, 0.1) is 17.6 Å². The summed E-state index contributed by atoms with van der Waals surface area (Å²) >= 11 is 0. The third kappa shape index (κ3) is 3.25. The molecule has 5 nitrogen and oxygen atoms in total. The molecule has 0 saturated carbocycles. The number of carboxylic acid groups (broad SMARTS) is 1. The van der Waals surface area contributed by atoms with Gasteiger partial charge in [0.15, 0.2) is 11.6 Å². The summed E-state index contributed by atoms with van der Waals surface area (Å²) in [5.74, 6) is -3.72. The Morgan fingerprint density at radius 3 is 2.58 bits per heavy atom. The fraction of sp³-hybridized carbons (Fsp3) is 0.333. The van der Waals surface area contributed by atoms with Gasteiger partial charge in [-0.3, -0.25) is 14.5 Å². The molecule has 0 bridgehead atoms. The number of nitrogens with one attached hydrogen (secondary N) is 1. The zero-order valence-corrected chi connectivity index (χ0v) is 9.90. The Kier molecular flexibility index (Phi) is 3.75. The number of hydrogen-bond acceptors (Lipinski definition) is 3. The molecule has 1 aromatic rings. The standard InChI is InChI=1S/C12H12F2N2O3/c13-9-2-1-8(3-10(9)14)15-11(17)6-16-4-7(5-16)12(18)19/h1-3,7H,4-6H2,(H,15,17)(H,18,19). The van der Waals surface area contributed by atoms with Crippen molar-refractivity contribution < 1.29 is 23.5 Å². The van der Waals surface area contributed by atoms with Gasteiger partial charge >= 0.3 is 5.97 Å². The topological polar surface area (TPSA) is 69.6 Å². The van der Waals surface area contributed by atoms with Gasteiger partial charge in [0.25, 0.3) is 0 Å². The van der Waals surface area contributed by atoms with Crippen molar-refractivity contribution in [2.45, 2.75) is 0 Å². The molecule has 1 aliphatic rings. The minimum atomic E-state index is -1.03. The third-order valence-corrected chi connectivity index (χ3v) is 2.88. The summed E-state index contributed by atoms with van der Waals surface area (Å²) < 4.78 is 25.6. The maximum atomic E-state index is 12.9. The van der Waals surface area contributed by atoms with E-state index in [2.05, 4.69) is 5.32 Å². The predicted octanol–water partition coefficient (Wildman–Crippen LogP) is 0.920. The molecule has 19 heavy (non-hydrogen) atoms. The van der Waals surface area contributed by atoms with Crippen LogP contribution < -0.4 is 5.32 Å². The lowest BCUT2D eigenvalue weighted by Crippen LogP contribution is -2.52. The summed E-state index contributed by atoms with van der Waals surface area (Å²) in [5, 5.41) is 11.1. The van der Waals surface area contributed by atoms with Crippen molar-refractivity contribution in [2.24, 2.45) is 5.92 Å². The average Bonchev–Trinajstić information content (AvgIpc) is 2.27. The maximum Gasteiger partial charge on any atom is 0.309 e. The highest BCUT2D eigenvalue weighted by molar-refractivity contribution is 5.92. The summed E-state index contributed by atoms with van der Waals surface area (Å²) in [6.45, 7) is 0.670. The Balaban J connectivity index is 1.82. The first-order valence-electron chi connectivity index (χ1n) is 5.66. The van der Waals surface area contributed by atoms with Crippen LogP contribution in [0.4, 0.5) is 14.5 Å². The highest BCUT2D eigenvalue weighted by Gasteiger charge is 2.33. The molecule has 1 heterocycles. The van der Waals surface area contributed by atoms with Gasteiger partial charge in [-0.2, -0.15) is 0 Å². The number of carbonyl (C=O) groups is 2. The van der Waals surface area contributed by atoms with Crippen molar-refractivity contribution >= 4 is 17.6 Å². The molecule has 0 spiro atoms. The van der Waals surface area contributed by atoms with Crippen molar-refractivity contribution in [1.82, 2.24) is 4.90 Å². The lowest BCUT2D eigenvalue weighted by molar-refractivity contribution is -0.148. The smallest absolute Gasteiger partial charge is 0.309 e. The average molecular weight is 270 g/mol. The molecule has 0 radical (unpaired) electrons. The van der Waals surface area contributed by atoms with E-state index in [-0.39, 0.29) is 12.2 Å². The molecule has 0 unspecified atom stereocenters. The fourth-order valence-electron chi connectivity index (χ4n) is 1.83. The van der Waals surface area contributed by atoms with Gasteiger partial charge < -0.3 is 10.4 Å². The van der Waals surface area contributed by atoms with Gasteiger partial charge in [-0.15, -0.1) is 0 Å². The van der Waals surface area contributed by atoms with E-state index in [1.54, 1.807) is 4.90 Å². The second-order valence-electron chi connectivity index (χ2n) is 4.41. The Morgan fingerprint density at radius 2 is 2.00 bits per heavy atom. The normalized spacial score (nSPS) is 15.9. The number of anilines is 1. The van der Waals surface area contributed by atoms with Gasteiger partial charge in [0.1, 0.15) is 0 Å². The molecule has 1 amide bonds. The molecule has 0 aromatic heterocycles. The van der Waals surface area contributed by atoms with E-state index < -0.39 is 29.4 Å². The monoisotopic (exact) mass is 270 g/mol. The number of benzene rings is 1.